The Kier molecular flexibility index (Phi) is 7.37. The zero-order valence-corrected chi connectivity index (χ0v) is 18.6. The third kappa shape index (κ3) is 5.96. The molecule has 0 bridgehead atoms. The quantitative estimate of drug-likeness (QED) is 0.687. The molecule has 2 aliphatic rings. The smallest absolute Gasteiger partial charge is 0.225 e. The molecule has 3 heterocycles. The summed E-state index contributed by atoms with van der Waals surface area (Å²) in [5.41, 5.74) is 6.59. The van der Waals surface area contributed by atoms with Gasteiger partial charge in [0.25, 0.3) is 0 Å². The molecule has 2 aromatic rings. The fourth-order valence-electron chi connectivity index (χ4n) is 4.76. The summed E-state index contributed by atoms with van der Waals surface area (Å²) in [6.07, 6.45) is 4.93. The molecule has 0 atom stereocenters. The Morgan fingerprint density at radius 2 is 1.70 bits per heavy atom. The molecule has 4 rings (SSSR count). The standard InChI is InChI=1S/C24H30F3N5O/c25-19-12-20(26)23(21(27)13-19)30-14-16-2-9-32(10-3-16)24(33)18-4-7-31(8-5-18)15-17-1-6-29-22(28)11-17/h1,6,11-13,16,18,30H,2-5,7-10,14-15H2,(H2,28,29). The van der Waals surface area contributed by atoms with E-state index in [1.165, 1.54) is 0 Å². The summed E-state index contributed by atoms with van der Waals surface area (Å²) in [6, 6.07) is 5.19. The number of nitrogen functional groups attached to an aromatic ring is 1. The van der Waals surface area contributed by atoms with Gasteiger partial charge in [0, 0.05) is 50.4 Å². The number of aromatic nitrogens is 1. The summed E-state index contributed by atoms with van der Waals surface area (Å²) in [6.45, 7) is 4.23. The number of nitrogens with two attached hydrogens (primary N) is 1. The van der Waals surface area contributed by atoms with Crippen LogP contribution in [0.15, 0.2) is 30.5 Å². The lowest BCUT2D eigenvalue weighted by Gasteiger charge is -2.37. The number of nitrogens with zero attached hydrogens (tertiary/aromatic N) is 3. The normalized spacial score (nSPS) is 18.5. The number of halogens is 3. The van der Waals surface area contributed by atoms with Crippen molar-refractivity contribution in [3.05, 3.63) is 53.5 Å². The van der Waals surface area contributed by atoms with Crippen LogP contribution in [0, 0.1) is 29.3 Å². The van der Waals surface area contributed by atoms with E-state index in [-0.39, 0.29) is 23.4 Å². The molecule has 0 unspecified atom stereocenters. The van der Waals surface area contributed by atoms with Crippen LogP contribution < -0.4 is 11.1 Å². The molecule has 178 valence electrons. The number of carbonyl (C=O) groups is 1. The maximum Gasteiger partial charge on any atom is 0.225 e. The van der Waals surface area contributed by atoms with Crippen molar-refractivity contribution >= 4 is 17.4 Å². The van der Waals surface area contributed by atoms with E-state index in [4.69, 9.17) is 5.73 Å². The number of benzene rings is 1. The Bertz CT molecular complexity index is 949. The van der Waals surface area contributed by atoms with Gasteiger partial charge in [0.2, 0.25) is 5.91 Å². The minimum Gasteiger partial charge on any atom is -0.384 e. The third-order valence-electron chi connectivity index (χ3n) is 6.69. The molecule has 1 aromatic heterocycles. The molecule has 0 radical (unpaired) electrons. The van der Waals surface area contributed by atoms with Crippen molar-refractivity contribution in [3.8, 4) is 0 Å². The highest BCUT2D eigenvalue weighted by molar-refractivity contribution is 5.79. The van der Waals surface area contributed by atoms with Crippen molar-refractivity contribution in [2.75, 3.05) is 43.8 Å². The summed E-state index contributed by atoms with van der Waals surface area (Å²) in [4.78, 5) is 21.3. The van der Waals surface area contributed by atoms with Gasteiger partial charge in [-0.25, -0.2) is 18.2 Å². The Morgan fingerprint density at radius 3 is 2.33 bits per heavy atom. The van der Waals surface area contributed by atoms with E-state index in [1.807, 2.05) is 17.0 Å². The number of rotatable bonds is 6. The van der Waals surface area contributed by atoms with Crippen molar-refractivity contribution in [3.63, 3.8) is 0 Å². The Labute approximate surface area is 192 Å². The second kappa shape index (κ2) is 10.4. The van der Waals surface area contributed by atoms with E-state index in [0.29, 0.717) is 37.6 Å². The van der Waals surface area contributed by atoms with Crippen molar-refractivity contribution in [1.82, 2.24) is 14.8 Å². The van der Waals surface area contributed by atoms with Crippen molar-refractivity contribution in [1.29, 1.82) is 0 Å². The number of hydrogen-bond acceptors (Lipinski definition) is 5. The van der Waals surface area contributed by atoms with Crippen LogP contribution in [0.25, 0.3) is 0 Å². The van der Waals surface area contributed by atoms with Crippen LogP contribution in [-0.4, -0.2) is 53.4 Å². The molecule has 2 saturated heterocycles. The highest BCUT2D eigenvalue weighted by atomic mass is 19.1. The van der Waals surface area contributed by atoms with Crippen molar-refractivity contribution in [2.24, 2.45) is 11.8 Å². The van der Waals surface area contributed by atoms with Gasteiger partial charge in [-0.3, -0.25) is 9.69 Å². The number of likely N-dealkylation sites (tertiary alicyclic amines) is 2. The fraction of sp³-hybridized carbons (Fsp3) is 0.500. The van der Waals surface area contributed by atoms with Crippen LogP contribution in [0.5, 0.6) is 0 Å². The highest BCUT2D eigenvalue weighted by Crippen LogP contribution is 2.26. The van der Waals surface area contributed by atoms with Gasteiger partial charge in [0.1, 0.15) is 17.3 Å². The highest BCUT2D eigenvalue weighted by Gasteiger charge is 2.31. The van der Waals surface area contributed by atoms with E-state index in [9.17, 15) is 18.0 Å². The van der Waals surface area contributed by atoms with Gasteiger partial charge in [-0.1, -0.05) is 0 Å². The molecular formula is C24H30F3N5O. The Hall–Kier alpha value is -2.81. The van der Waals surface area contributed by atoms with E-state index >= 15 is 0 Å². The second-order valence-electron chi connectivity index (χ2n) is 9.03. The van der Waals surface area contributed by atoms with E-state index in [1.54, 1.807) is 6.20 Å². The van der Waals surface area contributed by atoms with Crippen molar-refractivity contribution < 1.29 is 18.0 Å². The van der Waals surface area contributed by atoms with Crippen LogP contribution >= 0.6 is 0 Å². The minimum atomic E-state index is -0.935. The first-order chi connectivity index (χ1) is 15.9. The molecule has 9 heteroatoms. The van der Waals surface area contributed by atoms with Gasteiger partial charge < -0.3 is 16.0 Å². The fourth-order valence-corrected chi connectivity index (χ4v) is 4.76. The molecule has 1 aromatic carbocycles. The average Bonchev–Trinajstić information content (AvgIpc) is 2.79. The Balaban J connectivity index is 1.20. The summed E-state index contributed by atoms with van der Waals surface area (Å²) in [5.74, 6) is -1.82. The van der Waals surface area contributed by atoms with Gasteiger partial charge in [0.05, 0.1) is 0 Å². The van der Waals surface area contributed by atoms with Crippen LogP contribution in [0.4, 0.5) is 24.7 Å². The molecule has 2 aliphatic heterocycles. The van der Waals surface area contributed by atoms with Crippen LogP contribution in [0.2, 0.25) is 0 Å². The maximum atomic E-state index is 13.8. The third-order valence-corrected chi connectivity index (χ3v) is 6.69. The zero-order valence-electron chi connectivity index (χ0n) is 18.6. The van der Waals surface area contributed by atoms with Gasteiger partial charge in [-0.2, -0.15) is 0 Å². The maximum absolute atomic E-state index is 13.8. The zero-order chi connectivity index (χ0) is 23.4. The predicted molar refractivity (Wildman–Crippen MR) is 121 cm³/mol. The van der Waals surface area contributed by atoms with E-state index < -0.39 is 17.5 Å². The monoisotopic (exact) mass is 461 g/mol. The molecule has 1 amide bonds. The first-order valence-electron chi connectivity index (χ1n) is 11.5. The van der Waals surface area contributed by atoms with Gasteiger partial charge >= 0.3 is 0 Å². The van der Waals surface area contributed by atoms with Gasteiger partial charge in [0.15, 0.2) is 11.6 Å². The first kappa shape index (κ1) is 23.4. The topological polar surface area (TPSA) is 74.5 Å². The lowest BCUT2D eigenvalue weighted by Crippen LogP contribution is -2.46. The number of carbonyl (C=O) groups excluding carboxylic acids is 1. The first-order valence-corrected chi connectivity index (χ1v) is 11.5. The number of piperidine rings is 2. The minimum absolute atomic E-state index is 0.0424. The number of nitrogens with one attached hydrogen (secondary N) is 1. The molecule has 0 aliphatic carbocycles. The van der Waals surface area contributed by atoms with Crippen LogP contribution in [-0.2, 0) is 11.3 Å². The summed E-state index contributed by atoms with van der Waals surface area (Å²) >= 11 is 0. The molecule has 2 fully saturated rings. The van der Waals surface area contributed by atoms with Crippen LogP contribution in [0.1, 0.15) is 31.2 Å². The van der Waals surface area contributed by atoms with Gasteiger partial charge in [-0.05, 0) is 62.4 Å². The van der Waals surface area contributed by atoms with E-state index in [0.717, 1.165) is 50.9 Å². The van der Waals surface area contributed by atoms with Crippen LogP contribution in [0.3, 0.4) is 0 Å². The largest absolute Gasteiger partial charge is 0.384 e. The number of hydrogen-bond donors (Lipinski definition) is 2. The summed E-state index contributed by atoms with van der Waals surface area (Å²) in [5, 5.41) is 2.78. The summed E-state index contributed by atoms with van der Waals surface area (Å²) in [7, 11) is 0. The number of amides is 1. The lowest BCUT2D eigenvalue weighted by atomic mass is 9.92. The molecule has 0 spiro atoms. The number of anilines is 2. The SMILES string of the molecule is Nc1cc(CN2CCC(C(=O)N3CCC(CNc4c(F)cc(F)cc4F)CC3)CC2)ccn1. The van der Waals surface area contributed by atoms with Crippen molar-refractivity contribution in [2.45, 2.75) is 32.2 Å². The van der Waals surface area contributed by atoms with E-state index in [2.05, 4.69) is 15.2 Å². The summed E-state index contributed by atoms with van der Waals surface area (Å²) < 4.78 is 40.7. The lowest BCUT2D eigenvalue weighted by molar-refractivity contribution is -0.138. The Morgan fingerprint density at radius 1 is 1.03 bits per heavy atom. The molecule has 3 N–H and O–H groups in total. The second-order valence-corrected chi connectivity index (χ2v) is 9.03. The number of pyridine rings is 1. The molecular weight excluding hydrogens is 431 g/mol. The van der Waals surface area contributed by atoms with Gasteiger partial charge in [-0.15, -0.1) is 0 Å². The predicted octanol–water partition coefficient (Wildman–Crippen LogP) is 3.64. The molecule has 0 saturated carbocycles. The molecule has 33 heavy (non-hydrogen) atoms. The molecule has 6 nitrogen and oxygen atoms in total. The average molecular weight is 462 g/mol.